The van der Waals surface area contributed by atoms with Crippen molar-refractivity contribution in [3.63, 3.8) is 0 Å². The molecule has 0 aliphatic carbocycles. The summed E-state index contributed by atoms with van der Waals surface area (Å²) in [4.78, 5) is 50.5. The second kappa shape index (κ2) is 11.0. The summed E-state index contributed by atoms with van der Waals surface area (Å²) in [7, 11) is 0. The highest BCUT2D eigenvalue weighted by Crippen LogP contribution is 2.26. The minimum Gasteiger partial charge on any atom is -0.452 e. The van der Waals surface area contributed by atoms with Gasteiger partial charge < -0.3 is 20.3 Å². The van der Waals surface area contributed by atoms with Crippen molar-refractivity contribution in [1.82, 2.24) is 5.32 Å². The van der Waals surface area contributed by atoms with E-state index in [2.05, 4.69) is 5.32 Å². The fraction of sp³-hybridized carbons (Fsp3) is 0.333. The van der Waals surface area contributed by atoms with Crippen molar-refractivity contribution in [3.8, 4) is 0 Å². The lowest BCUT2D eigenvalue weighted by atomic mass is 10.1. The van der Waals surface area contributed by atoms with Crippen LogP contribution in [0.25, 0.3) is 0 Å². The zero-order chi connectivity index (χ0) is 25.7. The summed E-state index contributed by atoms with van der Waals surface area (Å²) in [6, 6.07) is 8.89. The number of nitrogens with zero attached hydrogens (tertiary/aromatic N) is 1. The normalized spacial score (nSPS) is 16.1. The van der Waals surface area contributed by atoms with Gasteiger partial charge in [-0.05, 0) is 43.2 Å². The first-order valence-corrected chi connectivity index (χ1v) is 10.9. The number of aryl methyl sites for hydroxylation is 1. The number of anilines is 2. The predicted octanol–water partition coefficient (Wildman–Crippen LogP) is 2.71. The van der Waals surface area contributed by atoms with E-state index in [1.165, 1.54) is 11.8 Å². The topological polar surface area (TPSA) is 105 Å². The van der Waals surface area contributed by atoms with Crippen molar-refractivity contribution < 1.29 is 37.1 Å². The van der Waals surface area contributed by atoms with Crippen LogP contribution >= 0.6 is 0 Å². The molecular weight excluding hydrogens is 467 g/mol. The van der Waals surface area contributed by atoms with Gasteiger partial charge >= 0.3 is 5.97 Å². The fourth-order valence-corrected chi connectivity index (χ4v) is 3.48. The monoisotopic (exact) mass is 491 g/mol. The zero-order valence-electron chi connectivity index (χ0n) is 19.1. The van der Waals surface area contributed by atoms with Gasteiger partial charge in [-0.1, -0.05) is 19.1 Å². The second-order valence-corrected chi connectivity index (χ2v) is 7.99. The van der Waals surface area contributed by atoms with Crippen molar-refractivity contribution >= 4 is 35.1 Å². The highest BCUT2D eigenvalue weighted by molar-refractivity contribution is 6.00. The molecule has 1 fully saturated rings. The molecule has 3 amide bonds. The Balaban J connectivity index is 1.48. The Morgan fingerprint density at radius 1 is 1.09 bits per heavy atom. The van der Waals surface area contributed by atoms with Crippen LogP contribution in [0.2, 0.25) is 0 Å². The summed E-state index contributed by atoms with van der Waals surface area (Å²) in [5.41, 5.74) is 1.18. The largest absolute Gasteiger partial charge is 0.452 e. The van der Waals surface area contributed by atoms with Gasteiger partial charge in [0.05, 0.1) is 18.2 Å². The number of carbonyl (C=O) groups excluding carboxylic acids is 4. The number of halogens is 3. The van der Waals surface area contributed by atoms with Gasteiger partial charge in [-0.2, -0.15) is 0 Å². The molecule has 8 nitrogen and oxygen atoms in total. The van der Waals surface area contributed by atoms with Crippen LogP contribution in [-0.4, -0.2) is 42.9 Å². The summed E-state index contributed by atoms with van der Waals surface area (Å²) in [6.07, 6.45) is -0.486. The Morgan fingerprint density at radius 2 is 1.77 bits per heavy atom. The molecule has 0 saturated carbocycles. The van der Waals surface area contributed by atoms with Crippen LogP contribution < -0.4 is 15.5 Å². The molecule has 3 rings (SSSR count). The van der Waals surface area contributed by atoms with Crippen LogP contribution in [0.15, 0.2) is 36.4 Å². The van der Waals surface area contributed by atoms with Crippen LogP contribution in [0.5, 0.6) is 0 Å². The van der Waals surface area contributed by atoms with Gasteiger partial charge in [0.25, 0.3) is 5.91 Å². The third-order valence-electron chi connectivity index (χ3n) is 5.51. The number of hydrogen-bond acceptors (Lipinski definition) is 5. The number of amides is 3. The lowest BCUT2D eigenvalue weighted by Crippen LogP contribution is -2.41. The van der Waals surface area contributed by atoms with Gasteiger partial charge in [0.15, 0.2) is 23.6 Å². The average Bonchev–Trinajstić information content (AvgIpc) is 3.24. The summed E-state index contributed by atoms with van der Waals surface area (Å²) in [6.45, 7) is 2.78. The van der Waals surface area contributed by atoms with Gasteiger partial charge in [0, 0.05) is 18.7 Å². The molecule has 0 bridgehead atoms. The molecule has 186 valence electrons. The Kier molecular flexibility index (Phi) is 8.10. The van der Waals surface area contributed by atoms with E-state index in [0.29, 0.717) is 11.8 Å². The van der Waals surface area contributed by atoms with E-state index in [0.717, 1.165) is 18.1 Å². The standard InChI is InChI=1S/C24H24F3N3O5/c1-3-14-4-6-16(7-5-14)30-12-15(10-20(30)32)24(34)35-13(2)23(33)28-11-19(31)29-18-9-8-17(25)21(26)22(18)27/h4-9,13,15H,3,10-12H2,1-2H3,(H,28,33)(H,29,31)/t13-,15+/m1/s1. The quantitative estimate of drug-likeness (QED) is 0.437. The second-order valence-electron chi connectivity index (χ2n) is 7.99. The first-order valence-electron chi connectivity index (χ1n) is 10.9. The van der Waals surface area contributed by atoms with Gasteiger partial charge in [0.2, 0.25) is 11.8 Å². The molecule has 2 atom stereocenters. The van der Waals surface area contributed by atoms with Crippen LogP contribution in [0, 0.1) is 23.4 Å². The van der Waals surface area contributed by atoms with Crippen molar-refractivity contribution in [3.05, 3.63) is 59.4 Å². The molecule has 0 unspecified atom stereocenters. The molecule has 35 heavy (non-hydrogen) atoms. The molecule has 1 saturated heterocycles. The average molecular weight is 491 g/mol. The molecular formula is C24H24F3N3O5. The Hall–Kier alpha value is -3.89. The van der Waals surface area contributed by atoms with Crippen molar-refractivity contribution in [1.29, 1.82) is 0 Å². The fourth-order valence-electron chi connectivity index (χ4n) is 3.48. The number of ether oxygens (including phenoxy) is 1. The van der Waals surface area contributed by atoms with Crippen LogP contribution in [0.1, 0.15) is 25.8 Å². The number of carbonyl (C=O) groups is 4. The van der Waals surface area contributed by atoms with E-state index < -0.39 is 59.5 Å². The minimum atomic E-state index is -1.74. The number of rotatable bonds is 8. The van der Waals surface area contributed by atoms with E-state index in [-0.39, 0.29) is 18.9 Å². The molecule has 2 N–H and O–H groups in total. The van der Waals surface area contributed by atoms with E-state index in [1.807, 2.05) is 24.4 Å². The first-order chi connectivity index (χ1) is 16.6. The van der Waals surface area contributed by atoms with E-state index >= 15 is 0 Å². The number of hydrogen-bond donors (Lipinski definition) is 2. The summed E-state index contributed by atoms with van der Waals surface area (Å²) >= 11 is 0. The molecule has 2 aromatic carbocycles. The number of benzene rings is 2. The first kappa shape index (κ1) is 25.7. The van der Waals surface area contributed by atoms with Crippen molar-refractivity contribution in [2.75, 3.05) is 23.3 Å². The van der Waals surface area contributed by atoms with Crippen LogP contribution in [0.4, 0.5) is 24.5 Å². The smallest absolute Gasteiger partial charge is 0.312 e. The Morgan fingerprint density at radius 3 is 2.43 bits per heavy atom. The van der Waals surface area contributed by atoms with E-state index in [4.69, 9.17) is 4.74 Å². The Bertz CT molecular complexity index is 1140. The summed E-state index contributed by atoms with van der Waals surface area (Å²) < 4.78 is 45.0. The van der Waals surface area contributed by atoms with Crippen LogP contribution in [0.3, 0.4) is 0 Å². The summed E-state index contributed by atoms with van der Waals surface area (Å²) in [5, 5.41) is 4.21. The highest BCUT2D eigenvalue weighted by atomic mass is 19.2. The van der Waals surface area contributed by atoms with Crippen molar-refractivity contribution in [2.45, 2.75) is 32.8 Å². The molecule has 11 heteroatoms. The van der Waals surface area contributed by atoms with Gasteiger partial charge in [-0.15, -0.1) is 0 Å². The highest BCUT2D eigenvalue weighted by Gasteiger charge is 2.37. The molecule has 1 aliphatic heterocycles. The molecule has 0 aromatic heterocycles. The predicted molar refractivity (Wildman–Crippen MR) is 120 cm³/mol. The third-order valence-corrected chi connectivity index (χ3v) is 5.51. The SMILES string of the molecule is CCc1ccc(N2C[C@@H](C(=O)O[C@H](C)C(=O)NCC(=O)Nc3ccc(F)c(F)c3F)CC2=O)cc1. The van der Waals surface area contributed by atoms with Gasteiger partial charge in [-0.3, -0.25) is 19.2 Å². The molecule has 0 radical (unpaired) electrons. The lowest BCUT2D eigenvalue weighted by molar-refractivity contribution is -0.158. The molecule has 1 heterocycles. The number of nitrogens with one attached hydrogen (secondary N) is 2. The number of esters is 1. The lowest BCUT2D eigenvalue weighted by Gasteiger charge is -2.18. The molecule has 1 aliphatic rings. The maximum atomic E-state index is 13.6. The van der Waals surface area contributed by atoms with Gasteiger partial charge in [-0.25, -0.2) is 13.2 Å². The van der Waals surface area contributed by atoms with E-state index in [9.17, 15) is 32.3 Å². The zero-order valence-corrected chi connectivity index (χ0v) is 19.1. The molecule has 0 spiro atoms. The molecule has 2 aromatic rings. The third kappa shape index (κ3) is 6.17. The maximum Gasteiger partial charge on any atom is 0.312 e. The van der Waals surface area contributed by atoms with Crippen molar-refractivity contribution in [2.24, 2.45) is 5.92 Å². The maximum absolute atomic E-state index is 13.6. The minimum absolute atomic E-state index is 0.0646. The Labute approximate surface area is 199 Å². The van der Waals surface area contributed by atoms with Gasteiger partial charge in [0.1, 0.15) is 0 Å². The van der Waals surface area contributed by atoms with Crippen LogP contribution in [-0.2, 0) is 30.3 Å². The summed E-state index contributed by atoms with van der Waals surface area (Å²) in [5.74, 6) is -8.18. The van der Waals surface area contributed by atoms with E-state index in [1.54, 1.807) is 12.1 Å².